The fraction of sp³-hybridized carbons (Fsp3) is 0.423. The Labute approximate surface area is 195 Å². The Balaban J connectivity index is 1.15. The van der Waals surface area contributed by atoms with Crippen LogP contribution < -0.4 is 4.90 Å². The van der Waals surface area contributed by atoms with Crippen LogP contribution in [0.1, 0.15) is 36.7 Å². The highest BCUT2D eigenvalue weighted by Gasteiger charge is 2.29. The van der Waals surface area contributed by atoms with Crippen molar-refractivity contribution in [2.45, 2.75) is 32.2 Å². The summed E-state index contributed by atoms with van der Waals surface area (Å²) in [7, 11) is 0. The predicted molar refractivity (Wildman–Crippen MR) is 130 cm³/mol. The fourth-order valence-electron chi connectivity index (χ4n) is 4.99. The molecular formula is C26H32N6O. The second-order valence-corrected chi connectivity index (χ2v) is 9.05. The first-order chi connectivity index (χ1) is 16.2. The number of likely N-dealkylation sites (tertiary alicyclic amines) is 1. The lowest BCUT2D eigenvalue weighted by Gasteiger charge is -2.35. The maximum absolute atomic E-state index is 12.9. The van der Waals surface area contributed by atoms with Gasteiger partial charge in [0.2, 0.25) is 5.91 Å². The SMILES string of the molecule is Cc1cccc(-c2cnc(C3CCCN3CCC(=O)N3CCN(c4ccccn4)CC3)[nH]2)c1. The third kappa shape index (κ3) is 4.93. The van der Waals surface area contributed by atoms with Gasteiger partial charge in [-0.1, -0.05) is 29.8 Å². The molecule has 1 atom stereocenters. The number of pyridine rings is 1. The van der Waals surface area contributed by atoms with E-state index in [4.69, 9.17) is 4.98 Å². The summed E-state index contributed by atoms with van der Waals surface area (Å²) in [6, 6.07) is 14.7. The number of aromatic nitrogens is 3. The van der Waals surface area contributed by atoms with Crippen LogP contribution in [0.4, 0.5) is 5.82 Å². The summed E-state index contributed by atoms with van der Waals surface area (Å²) in [6.45, 7) is 7.10. The number of nitrogens with zero attached hydrogens (tertiary/aromatic N) is 5. The van der Waals surface area contributed by atoms with Gasteiger partial charge in [0.25, 0.3) is 0 Å². The van der Waals surface area contributed by atoms with E-state index < -0.39 is 0 Å². The lowest BCUT2D eigenvalue weighted by molar-refractivity contribution is -0.131. The number of amides is 1. The molecule has 0 radical (unpaired) electrons. The van der Waals surface area contributed by atoms with E-state index in [2.05, 4.69) is 51.0 Å². The molecule has 0 aliphatic carbocycles. The number of aryl methyl sites for hydroxylation is 1. The molecule has 0 spiro atoms. The van der Waals surface area contributed by atoms with Gasteiger partial charge in [0.05, 0.1) is 17.9 Å². The normalized spacial score (nSPS) is 19.2. The van der Waals surface area contributed by atoms with Crippen LogP contribution in [0, 0.1) is 6.92 Å². The van der Waals surface area contributed by atoms with Crippen LogP contribution in [0.3, 0.4) is 0 Å². The number of piperazine rings is 1. The number of carbonyl (C=O) groups excluding carboxylic acids is 1. The van der Waals surface area contributed by atoms with Crippen LogP contribution >= 0.6 is 0 Å². The summed E-state index contributed by atoms with van der Waals surface area (Å²) < 4.78 is 0. The topological polar surface area (TPSA) is 68.4 Å². The lowest BCUT2D eigenvalue weighted by Crippen LogP contribution is -2.49. The van der Waals surface area contributed by atoms with E-state index in [1.165, 1.54) is 11.1 Å². The number of imidazole rings is 1. The zero-order chi connectivity index (χ0) is 22.6. The largest absolute Gasteiger partial charge is 0.353 e. The molecule has 1 amide bonds. The number of anilines is 1. The van der Waals surface area contributed by atoms with Crippen molar-refractivity contribution in [2.24, 2.45) is 0 Å². The summed E-state index contributed by atoms with van der Waals surface area (Å²) in [5, 5.41) is 0. The third-order valence-corrected chi connectivity index (χ3v) is 6.82. The first-order valence-corrected chi connectivity index (χ1v) is 12.0. The molecule has 2 aliphatic rings. The molecule has 2 aromatic heterocycles. The molecule has 5 rings (SSSR count). The molecule has 2 aliphatic heterocycles. The standard InChI is InChI=1S/C26H32N6O/c1-20-6-4-7-21(18-20)22-19-28-26(29-22)23-8-5-12-30(23)13-10-25(33)32-16-14-31(15-17-32)24-9-2-3-11-27-24/h2-4,6-7,9,11,18-19,23H,5,8,10,12-17H2,1H3,(H,28,29). The smallest absolute Gasteiger partial charge is 0.223 e. The molecule has 7 nitrogen and oxygen atoms in total. The Morgan fingerprint density at radius 3 is 2.73 bits per heavy atom. The number of rotatable bonds is 6. The number of carbonyl (C=O) groups is 1. The van der Waals surface area contributed by atoms with Gasteiger partial charge < -0.3 is 14.8 Å². The van der Waals surface area contributed by atoms with Gasteiger partial charge in [-0.2, -0.15) is 0 Å². The lowest BCUT2D eigenvalue weighted by atomic mass is 10.1. The molecule has 3 aromatic rings. The Bertz CT molecular complexity index is 1070. The maximum Gasteiger partial charge on any atom is 0.223 e. The quantitative estimate of drug-likeness (QED) is 0.629. The van der Waals surface area contributed by atoms with Crippen LogP contribution in [0.5, 0.6) is 0 Å². The summed E-state index contributed by atoms with van der Waals surface area (Å²) in [5.74, 6) is 2.26. The summed E-state index contributed by atoms with van der Waals surface area (Å²) in [4.78, 5) is 32.3. The maximum atomic E-state index is 12.9. The molecule has 0 bridgehead atoms. The summed E-state index contributed by atoms with van der Waals surface area (Å²) >= 11 is 0. The minimum atomic E-state index is 0.251. The molecule has 1 aromatic carbocycles. The van der Waals surface area contributed by atoms with Gasteiger partial charge in [-0.05, 0) is 50.1 Å². The molecular weight excluding hydrogens is 412 g/mol. The monoisotopic (exact) mass is 444 g/mol. The summed E-state index contributed by atoms with van der Waals surface area (Å²) in [5.41, 5.74) is 3.46. The van der Waals surface area contributed by atoms with Crippen LogP contribution in [-0.4, -0.2) is 69.9 Å². The molecule has 1 unspecified atom stereocenters. The molecule has 2 fully saturated rings. The van der Waals surface area contributed by atoms with Crippen molar-refractivity contribution in [1.29, 1.82) is 0 Å². The van der Waals surface area contributed by atoms with Gasteiger partial charge in [-0.15, -0.1) is 0 Å². The predicted octanol–water partition coefficient (Wildman–Crippen LogP) is 3.66. The van der Waals surface area contributed by atoms with Gasteiger partial charge >= 0.3 is 0 Å². The van der Waals surface area contributed by atoms with Crippen LogP contribution in [0.2, 0.25) is 0 Å². The van der Waals surface area contributed by atoms with Crippen LogP contribution in [0.25, 0.3) is 11.3 Å². The van der Waals surface area contributed by atoms with Gasteiger partial charge in [0, 0.05) is 45.3 Å². The van der Waals surface area contributed by atoms with Crippen molar-refractivity contribution in [1.82, 2.24) is 24.8 Å². The van der Waals surface area contributed by atoms with E-state index >= 15 is 0 Å². The number of hydrogen-bond donors (Lipinski definition) is 1. The Morgan fingerprint density at radius 2 is 1.94 bits per heavy atom. The van der Waals surface area contributed by atoms with Crippen LogP contribution in [0.15, 0.2) is 54.9 Å². The molecule has 1 N–H and O–H groups in total. The van der Waals surface area contributed by atoms with Crippen molar-refractivity contribution >= 4 is 11.7 Å². The Morgan fingerprint density at radius 1 is 1.06 bits per heavy atom. The zero-order valence-electron chi connectivity index (χ0n) is 19.3. The average Bonchev–Trinajstić information content (AvgIpc) is 3.53. The number of hydrogen-bond acceptors (Lipinski definition) is 5. The minimum Gasteiger partial charge on any atom is -0.353 e. The Hall–Kier alpha value is -3.19. The van der Waals surface area contributed by atoms with Gasteiger partial charge in [0.1, 0.15) is 11.6 Å². The molecule has 7 heteroatoms. The van der Waals surface area contributed by atoms with E-state index in [1.54, 1.807) is 0 Å². The van der Waals surface area contributed by atoms with Crippen molar-refractivity contribution in [3.63, 3.8) is 0 Å². The first kappa shape index (κ1) is 21.6. The highest BCUT2D eigenvalue weighted by molar-refractivity contribution is 5.76. The second-order valence-electron chi connectivity index (χ2n) is 9.05. The van der Waals surface area contributed by atoms with Crippen molar-refractivity contribution in [3.05, 3.63) is 66.2 Å². The average molecular weight is 445 g/mol. The molecule has 2 saturated heterocycles. The van der Waals surface area contributed by atoms with Gasteiger partial charge in [0.15, 0.2) is 0 Å². The van der Waals surface area contributed by atoms with Crippen LogP contribution in [-0.2, 0) is 4.79 Å². The van der Waals surface area contributed by atoms with Crippen molar-refractivity contribution in [2.75, 3.05) is 44.2 Å². The highest BCUT2D eigenvalue weighted by Crippen LogP contribution is 2.31. The van der Waals surface area contributed by atoms with E-state index in [-0.39, 0.29) is 11.9 Å². The van der Waals surface area contributed by atoms with E-state index in [0.29, 0.717) is 6.42 Å². The first-order valence-electron chi connectivity index (χ1n) is 12.0. The number of aromatic amines is 1. The third-order valence-electron chi connectivity index (χ3n) is 6.82. The van der Waals surface area contributed by atoms with Gasteiger partial charge in [-0.25, -0.2) is 9.97 Å². The zero-order valence-corrected chi connectivity index (χ0v) is 19.3. The number of benzene rings is 1. The molecule has 0 saturated carbocycles. The van der Waals surface area contributed by atoms with Crippen molar-refractivity contribution < 1.29 is 4.79 Å². The highest BCUT2D eigenvalue weighted by atomic mass is 16.2. The summed E-state index contributed by atoms with van der Waals surface area (Å²) in [6.07, 6.45) is 6.54. The second kappa shape index (κ2) is 9.75. The van der Waals surface area contributed by atoms with E-state index in [9.17, 15) is 4.79 Å². The Kier molecular flexibility index (Phi) is 6.39. The van der Waals surface area contributed by atoms with E-state index in [0.717, 1.165) is 69.4 Å². The molecule has 172 valence electrons. The number of nitrogens with one attached hydrogen (secondary N) is 1. The number of H-pyrrole nitrogens is 1. The van der Waals surface area contributed by atoms with Crippen molar-refractivity contribution in [3.8, 4) is 11.3 Å². The molecule has 33 heavy (non-hydrogen) atoms. The minimum absolute atomic E-state index is 0.251. The fourth-order valence-corrected chi connectivity index (χ4v) is 4.99. The molecule has 4 heterocycles. The van der Waals surface area contributed by atoms with Gasteiger partial charge in [-0.3, -0.25) is 9.69 Å². The van der Waals surface area contributed by atoms with E-state index in [1.807, 2.05) is 35.5 Å².